The molecule has 0 aliphatic heterocycles. The number of carbonyl (C=O) groups is 1. The van der Waals surface area contributed by atoms with E-state index in [9.17, 15) is 4.79 Å². The highest BCUT2D eigenvalue weighted by atomic mass is 16.6. The lowest BCUT2D eigenvalue weighted by Gasteiger charge is -2.29. The second-order valence-electron chi connectivity index (χ2n) is 8.91. The van der Waals surface area contributed by atoms with Crippen molar-refractivity contribution < 1.29 is 9.53 Å². The monoisotopic (exact) mass is 372 g/mol. The molecule has 0 amide bonds. The zero-order chi connectivity index (χ0) is 20.4. The number of esters is 1. The predicted octanol–water partition coefficient (Wildman–Crippen LogP) is 6.94. The van der Waals surface area contributed by atoms with E-state index < -0.39 is 5.60 Å². The number of hydrogen-bond acceptors (Lipinski definition) is 2. The molecule has 0 heterocycles. The molecule has 2 heteroatoms. The lowest BCUT2D eigenvalue weighted by Crippen LogP contribution is -2.28. The first kappa shape index (κ1) is 18.7. The summed E-state index contributed by atoms with van der Waals surface area (Å²) < 4.78 is 5.94. The van der Waals surface area contributed by atoms with Crippen LogP contribution in [0.1, 0.15) is 49.9 Å². The van der Waals surface area contributed by atoms with E-state index in [0.29, 0.717) is 0 Å². The molecule has 0 fully saturated rings. The lowest BCUT2D eigenvalue weighted by atomic mass is 9.83. The summed E-state index contributed by atoms with van der Waals surface area (Å²) in [6, 6.07) is 13.4. The number of ether oxygens (including phenoxy) is 1. The summed E-state index contributed by atoms with van der Waals surface area (Å²) in [6.07, 6.45) is 0. The second-order valence-corrected chi connectivity index (χ2v) is 8.91. The number of rotatable bonds is 3. The molecule has 28 heavy (non-hydrogen) atoms. The fraction of sp³-hybridized carbons (Fsp3) is 0.346. The minimum Gasteiger partial charge on any atom is -0.455 e. The average Bonchev–Trinajstić information content (AvgIpc) is 2.62. The van der Waals surface area contributed by atoms with Crippen LogP contribution in [0.5, 0.6) is 0 Å². The van der Waals surface area contributed by atoms with E-state index in [2.05, 4.69) is 57.2 Å². The molecule has 2 nitrogen and oxygen atoms in total. The van der Waals surface area contributed by atoms with Gasteiger partial charge in [-0.05, 0) is 83.6 Å². The summed E-state index contributed by atoms with van der Waals surface area (Å²) in [4.78, 5) is 12.4. The van der Waals surface area contributed by atoms with E-state index in [4.69, 9.17) is 4.74 Å². The third kappa shape index (κ3) is 2.66. The Bertz CT molecular complexity index is 1210. The fourth-order valence-corrected chi connectivity index (χ4v) is 4.48. The third-order valence-electron chi connectivity index (χ3n) is 6.00. The van der Waals surface area contributed by atoms with Crippen molar-refractivity contribution in [1.82, 2.24) is 0 Å². The molecule has 4 rings (SSSR count). The van der Waals surface area contributed by atoms with Crippen LogP contribution in [0.25, 0.3) is 32.3 Å². The summed E-state index contributed by atoms with van der Waals surface area (Å²) in [6.45, 7) is 14.3. The topological polar surface area (TPSA) is 26.3 Å². The average molecular weight is 373 g/mol. The van der Waals surface area contributed by atoms with Crippen LogP contribution < -0.4 is 0 Å². The predicted molar refractivity (Wildman–Crippen MR) is 118 cm³/mol. The largest absolute Gasteiger partial charge is 0.455 e. The second kappa shape index (κ2) is 6.20. The molecule has 0 aliphatic carbocycles. The van der Waals surface area contributed by atoms with Crippen LogP contribution in [0.15, 0.2) is 36.4 Å². The Labute approximate surface area is 166 Å². The molecule has 0 radical (unpaired) electrons. The number of aryl methyl sites for hydroxylation is 3. The summed E-state index contributed by atoms with van der Waals surface area (Å²) in [5.74, 6) is -0.314. The Hall–Kier alpha value is -2.61. The van der Waals surface area contributed by atoms with Gasteiger partial charge in [0.05, 0.1) is 5.92 Å². The maximum atomic E-state index is 12.4. The van der Waals surface area contributed by atoms with Crippen molar-refractivity contribution in [3.8, 4) is 0 Å². The molecular weight excluding hydrogens is 344 g/mol. The van der Waals surface area contributed by atoms with Gasteiger partial charge >= 0.3 is 5.97 Å². The molecule has 144 valence electrons. The standard InChI is InChI=1S/C26H28O2/c1-14(2)25(27)28-26(6,7)22-13-17(5)20-9-8-18-15(3)12-16(4)19-10-11-21(22)24(20)23(18)19/h8-14H,1-7H3. The Morgan fingerprint density at radius 3 is 1.71 bits per heavy atom. The van der Waals surface area contributed by atoms with Gasteiger partial charge in [0.15, 0.2) is 0 Å². The smallest absolute Gasteiger partial charge is 0.309 e. The van der Waals surface area contributed by atoms with E-state index in [-0.39, 0.29) is 11.9 Å². The van der Waals surface area contributed by atoms with E-state index in [1.54, 1.807) is 0 Å². The molecule has 0 aromatic heterocycles. The summed E-state index contributed by atoms with van der Waals surface area (Å²) in [5.41, 5.74) is 4.18. The molecule has 0 bridgehead atoms. The fourth-order valence-electron chi connectivity index (χ4n) is 4.48. The quantitative estimate of drug-likeness (QED) is 0.287. The van der Waals surface area contributed by atoms with Gasteiger partial charge in [0.25, 0.3) is 0 Å². The van der Waals surface area contributed by atoms with Gasteiger partial charge in [-0.15, -0.1) is 0 Å². The molecule has 0 aliphatic rings. The summed E-state index contributed by atoms with van der Waals surface area (Å²) >= 11 is 0. The van der Waals surface area contributed by atoms with Crippen LogP contribution >= 0.6 is 0 Å². The van der Waals surface area contributed by atoms with Gasteiger partial charge in [0.1, 0.15) is 5.60 Å². The van der Waals surface area contributed by atoms with Crippen LogP contribution in [-0.2, 0) is 15.1 Å². The Balaban J connectivity index is 2.11. The van der Waals surface area contributed by atoms with Gasteiger partial charge < -0.3 is 4.74 Å². The normalized spacial score (nSPS) is 12.6. The van der Waals surface area contributed by atoms with Crippen molar-refractivity contribution in [2.75, 3.05) is 0 Å². The maximum Gasteiger partial charge on any atom is 0.309 e. The third-order valence-corrected chi connectivity index (χ3v) is 6.00. The van der Waals surface area contributed by atoms with Crippen molar-refractivity contribution in [2.45, 2.75) is 54.1 Å². The molecule has 0 saturated heterocycles. The lowest BCUT2D eigenvalue weighted by molar-refractivity contribution is -0.161. The zero-order valence-corrected chi connectivity index (χ0v) is 17.9. The Kier molecular flexibility index (Phi) is 4.15. The molecule has 4 aromatic rings. The van der Waals surface area contributed by atoms with Crippen LogP contribution in [0.4, 0.5) is 0 Å². The van der Waals surface area contributed by atoms with Crippen LogP contribution in [0, 0.1) is 26.7 Å². The first-order valence-electron chi connectivity index (χ1n) is 10.0. The maximum absolute atomic E-state index is 12.4. The highest BCUT2D eigenvalue weighted by Gasteiger charge is 2.30. The van der Waals surface area contributed by atoms with Crippen molar-refractivity contribution >= 4 is 38.3 Å². The van der Waals surface area contributed by atoms with Crippen molar-refractivity contribution in [3.63, 3.8) is 0 Å². The minimum absolute atomic E-state index is 0.148. The molecule has 0 spiro atoms. The number of benzene rings is 4. The molecule has 0 saturated carbocycles. The highest BCUT2D eigenvalue weighted by molar-refractivity contribution is 6.25. The molecule has 0 unspecified atom stereocenters. The van der Waals surface area contributed by atoms with Gasteiger partial charge in [-0.1, -0.05) is 50.2 Å². The number of carbonyl (C=O) groups excluding carboxylic acids is 1. The van der Waals surface area contributed by atoms with E-state index in [1.165, 1.54) is 49.0 Å². The Morgan fingerprint density at radius 2 is 1.21 bits per heavy atom. The van der Waals surface area contributed by atoms with Crippen LogP contribution in [0.2, 0.25) is 0 Å². The first-order valence-corrected chi connectivity index (χ1v) is 10.0. The number of hydrogen-bond donors (Lipinski definition) is 0. The van der Waals surface area contributed by atoms with Gasteiger partial charge in [-0.25, -0.2) is 0 Å². The van der Waals surface area contributed by atoms with Gasteiger partial charge in [-0.3, -0.25) is 4.79 Å². The molecule has 4 aromatic carbocycles. The van der Waals surface area contributed by atoms with Crippen molar-refractivity contribution in [1.29, 1.82) is 0 Å². The molecule has 0 atom stereocenters. The zero-order valence-electron chi connectivity index (χ0n) is 17.9. The van der Waals surface area contributed by atoms with E-state index in [0.717, 1.165) is 5.56 Å². The summed E-state index contributed by atoms with van der Waals surface area (Å²) in [7, 11) is 0. The molecular formula is C26H28O2. The van der Waals surface area contributed by atoms with Crippen molar-refractivity contribution in [3.05, 3.63) is 58.7 Å². The van der Waals surface area contributed by atoms with Gasteiger partial charge in [0, 0.05) is 5.56 Å². The molecule has 0 N–H and O–H groups in total. The van der Waals surface area contributed by atoms with Crippen molar-refractivity contribution in [2.24, 2.45) is 5.92 Å². The van der Waals surface area contributed by atoms with E-state index in [1.807, 2.05) is 27.7 Å². The minimum atomic E-state index is -0.696. The van der Waals surface area contributed by atoms with E-state index >= 15 is 0 Å². The summed E-state index contributed by atoms with van der Waals surface area (Å²) in [5, 5.41) is 7.64. The van der Waals surface area contributed by atoms with Crippen LogP contribution in [-0.4, -0.2) is 5.97 Å². The highest BCUT2D eigenvalue weighted by Crippen LogP contribution is 2.43. The SMILES string of the molecule is Cc1cc(C)c2ccc3c(C(C)(C)OC(=O)C(C)C)cc(C)c4ccc1c2c43. The van der Waals surface area contributed by atoms with Crippen LogP contribution in [0.3, 0.4) is 0 Å². The first-order chi connectivity index (χ1) is 13.1. The Morgan fingerprint density at radius 1 is 0.786 bits per heavy atom. The van der Waals surface area contributed by atoms with Gasteiger partial charge in [-0.2, -0.15) is 0 Å². The van der Waals surface area contributed by atoms with Gasteiger partial charge in [0.2, 0.25) is 0 Å².